The minimum absolute atomic E-state index is 0.435. The zero-order chi connectivity index (χ0) is 24.2. The van der Waals surface area contributed by atoms with E-state index in [4.69, 9.17) is 30.7 Å². The van der Waals surface area contributed by atoms with Crippen LogP contribution in [0.1, 0.15) is 50.1 Å². The van der Waals surface area contributed by atoms with Crippen molar-refractivity contribution in [1.82, 2.24) is 19.9 Å². The fraction of sp³-hybridized carbons (Fsp3) is 0.429. The summed E-state index contributed by atoms with van der Waals surface area (Å²) in [4.78, 5) is 15.4. The molecule has 0 saturated carbocycles. The number of imidazole rings is 1. The largest absolute Gasteiger partial charge is 0.493 e. The summed E-state index contributed by atoms with van der Waals surface area (Å²) in [6.07, 6.45) is 7.23. The van der Waals surface area contributed by atoms with Gasteiger partial charge in [0.1, 0.15) is 17.7 Å². The molecule has 1 aliphatic rings. The van der Waals surface area contributed by atoms with Gasteiger partial charge >= 0.3 is 0 Å². The number of hydrogen-bond donors (Lipinski definition) is 1. The van der Waals surface area contributed by atoms with Crippen LogP contribution in [0.4, 0.5) is 0 Å². The summed E-state index contributed by atoms with van der Waals surface area (Å²) in [6, 6.07) is 12.1. The van der Waals surface area contributed by atoms with E-state index in [1.807, 2.05) is 18.2 Å². The summed E-state index contributed by atoms with van der Waals surface area (Å²) in [5.74, 6) is 2.55. The molecule has 2 aromatic carbocycles. The second-order valence-corrected chi connectivity index (χ2v) is 10.3. The van der Waals surface area contributed by atoms with Gasteiger partial charge in [0.25, 0.3) is 0 Å². The Hall–Kier alpha value is -2.83. The van der Waals surface area contributed by atoms with Crippen molar-refractivity contribution in [3.05, 3.63) is 64.7 Å². The molecule has 5 rings (SSSR count). The Morgan fingerprint density at radius 3 is 2.77 bits per heavy atom. The van der Waals surface area contributed by atoms with Crippen molar-refractivity contribution in [2.45, 2.75) is 46.0 Å². The molecule has 7 heteroatoms. The molecule has 2 aromatic heterocycles. The summed E-state index contributed by atoms with van der Waals surface area (Å²) >= 11 is 6.25. The van der Waals surface area contributed by atoms with Crippen molar-refractivity contribution in [1.29, 1.82) is 0 Å². The van der Waals surface area contributed by atoms with Gasteiger partial charge in [-0.15, -0.1) is 0 Å². The molecule has 1 N–H and O–H groups in total. The monoisotopic (exact) mass is 492 g/mol. The number of aromatic amines is 1. The Balaban J connectivity index is 1.29. The third-order valence-electron chi connectivity index (χ3n) is 6.44. The van der Waals surface area contributed by atoms with Gasteiger partial charge in [-0.3, -0.25) is 0 Å². The molecule has 184 valence electrons. The fourth-order valence-electron chi connectivity index (χ4n) is 4.55. The molecule has 3 heterocycles. The lowest BCUT2D eigenvalue weighted by Gasteiger charge is -2.26. The number of halogens is 1. The average Bonchev–Trinajstić information content (AvgIpc) is 3.49. The SMILES string of the molecule is CC(C)COc1ccc(Cl)cc1Cc1nc(-c2nc3ccc(CCN4CCCCC4)cc3[nH]2)co1. The van der Waals surface area contributed by atoms with Gasteiger partial charge in [0.15, 0.2) is 11.7 Å². The number of H-pyrrole nitrogens is 1. The molecule has 4 aromatic rings. The molecule has 6 nitrogen and oxygen atoms in total. The molecule has 0 spiro atoms. The van der Waals surface area contributed by atoms with E-state index in [1.54, 1.807) is 6.26 Å². The molecule has 0 atom stereocenters. The van der Waals surface area contributed by atoms with Gasteiger partial charge in [0, 0.05) is 17.1 Å². The molecule has 0 unspecified atom stereocenters. The number of rotatable bonds is 9. The lowest BCUT2D eigenvalue weighted by Crippen LogP contribution is -2.31. The number of nitrogens with zero attached hydrogens (tertiary/aromatic N) is 3. The third kappa shape index (κ3) is 6.06. The maximum Gasteiger partial charge on any atom is 0.199 e. The van der Waals surface area contributed by atoms with E-state index in [-0.39, 0.29) is 0 Å². The van der Waals surface area contributed by atoms with Crippen LogP contribution < -0.4 is 4.74 Å². The Bertz CT molecular complexity index is 1270. The van der Waals surface area contributed by atoms with E-state index in [1.165, 1.54) is 37.9 Å². The molecular weight excluding hydrogens is 460 g/mol. The highest BCUT2D eigenvalue weighted by Crippen LogP contribution is 2.27. The van der Waals surface area contributed by atoms with E-state index < -0.39 is 0 Å². The first-order valence-corrected chi connectivity index (χ1v) is 13.0. The van der Waals surface area contributed by atoms with E-state index in [0.717, 1.165) is 35.3 Å². The predicted molar refractivity (Wildman–Crippen MR) is 140 cm³/mol. The van der Waals surface area contributed by atoms with Crippen molar-refractivity contribution in [2.24, 2.45) is 5.92 Å². The maximum absolute atomic E-state index is 6.25. The summed E-state index contributed by atoms with van der Waals surface area (Å²) < 4.78 is 11.8. The van der Waals surface area contributed by atoms with Crippen LogP contribution in [-0.2, 0) is 12.8 Å². The Morgan fingerprint density at radius 2 is 1.94 bits per heavy atom. The van der Waals surface area contributed by atoms with Crippen LogP contribution in [0.15, 0.2) is 47.1 Å². The lowest BCUT2D eigenvalue weighted by molar-refractivity contribution is 0.231. The molecular formula is C28H33ClN4O2. The number of hydrogen-bond acceptors (Lipinski definition) is 5. The maximum atomic E-state index is 6.25. The topological polar surface area (TPSA) is 67.2 Å². The number of piperidine rings is 1. The summed E-state index contributed by atoms with van der Waals surface area (Å²) in [6.45, 7) is 8.47. The zero-order valence-corrected chi connectivity index (χ0v) is 21.3. The van der Waals surface area contributed by atoms with Gasteiger partial charge < -0.3 is 19.0 Å². The number of nitrogens with one attached hydrogen (secondary N) is 1. The summed E-state index contributed by atoms with van der Waals surface area (Å²) in [5.41, 5.74) is 4.94. The number of benzene rings is 2. The summed E-state index contributed by atoms with van der Waals surface area (Å²) in [5, 5.41) is 0.664. The van der Waals surface area contributed by atoms with Crippen LogP contribution >= 0.6 is 11.6 Å². The second kappa shape index (κ2) is 10.8. The number of oxazole rings is 1. The molecule has 0 bridgehead atoms. The molecule has 0 aliphatic carbocycles. The average molecular weight is 493 g/mol. The normalized spacial score (nSPS) is 14.7. The highest BCUT2D eigenvalue weighted by atomic mass is 35.5. The van der Waals surface area contributed by atoms with E-state index in [0.29, 0.717) is 41.4 Å². The molecule has 1 aliphatic heterocycles. The van der Waals surface area contributed by atoms with Crippen LogP contribution in [0, 0.1) is 5.92 Å². The fourth-order valence-corrected chi connectivity index (χ4v) is 4.75. The van der Waals surface area contributed by atoms with Crippen molar-refractivity contribution in [3.63, 3.8) is 0 Å². The minimum Gasteiger partial charge on any atom is -0.493 e. The first-order valence-electron chi connectivity index (χ1n) is 12.6. The number of fused-ring (bicyclic) bond motifs is 1. The van der Waals surface area contributed by atoms with Crippen molar-refractivity contribution in [2.75, 3.05) is 26.2 Å². The van der Waals surface area contributed by atoms with Crippen LogP contribution in [0.2, 0.25) is 5.02 Å². The number of likely N-dealkylation sites (tertiary alicyclic amines) is 1. The smallest absolute Gasteiger partial charge is 0.199 e. The van der Waals surface area contributed by atoms with Crippen molar-refractivity contribution in [3.8, 4) is 17.3 Å². The Morgan fingerprint density at radius 1 is 1.09 bits per heavy atom. The second-order valence-electron chi connectivity index (χ2n) is 9.85. The predicted octanol–water partition coefficient (Wildman–Crippen LogP) is 6.53. The van der Waals surface area contributed by atoms with Gasteiger partial charge in [0.05, 0.1) is 24.1 Å². The first kappa shape index (κ1) is 23.9. The molecule has 1 fully saturated rings. The minimum atomic E-state index is 0.435. The standard InChI is InChI=1S/C28H33ClN4O2/c1-19(2)17-34-26-9-7-22(29)15-21(26)16-27-30-25(18-35-27)28-31-23-8-6-20(14-24(23)32-28)10-13-33-11-4-3-5-12-33/h6-9,14-15,18-19H,3-5,10-13,16-17H2,1-2H3,(H,31,32). The number of ether oxygens (including phenoxy) is 1. The molecule has 0 radical (unpaired) electrons. The first-order chi connectivity index (χ1) is 17.0. The third-order valence-corrected chi connectivity index (χ3v) is 6.68. The van der Waals surface area contributed by atoms with Crippen molar-refractivity contribution < 1.29 is 9.15 Å². The van der Waals surface area contributed by atoms with Gasteiger partial charge in [-0.05, 0) is 74.2 Å². The van der Waals surface area contributed by atoms with Crippen LogP contribution in [-0.4, -0.2) is 46.1 Å². The Labute approximate surface area is 211 Å². The zero-order valence-electron chi connectivity index (χ0n) is 20.5. The molecule has 0 amide bonds. The van der Waals surface area contributed by atoms with E-state index >= 15 is 0 Å². The highest BCUT2D eigenvalue weighted by molar-refractivity contribution is 6.30. The molecule has 35 heavy (non-hydrogen) atoms. The van der Waals surface area contributed by atoms with Gasteiger partial charge in [-0.2, -0.15) is 0 Å². The molecule has 1 saturated heterocycles. The van der Waals surface area contributed by atoms with Crippen molar-refractivity contribution >= 4 is 22.6 Å². The van der Waals surface area contributed by atoms with Gasteiger partial charge in [0.2, 0.25) is 0 Å². The van der Waals surface area contributed by atoms with Crippen LogP contribution in [0.5, 0.6) is 5.75 Å². The summed E-state index contributed by atoms with van der Waals surface area (Å²) in [7, 11) is 0. The lowest BCUT2D eigenvalue weighted by atomic mass is 10.1. The highest BCUT2D eigenvalue weighted by Gasteiger charge is 2.15. The quantitative estimate of drug-likeness (QED) is 0.288. The van der Waals surface area contributed by atoms with E-state index in [2.05, 4.69) is 41.9 Å². The van der Waals surface area contributed by atoms with E-state index in [9.17, 15) is 0 Å². The number of aromatic nitrogens is 3. The van der Waals surface area contributed by atoms with Gasteiger partial charge in [-0.1, -0.05) is 37.9 Å². The Kier molecular flexibility index (Phi) is 7.40. The van der Waals surface area contributed by atoms with Crippen LogP contribution in [0.3, 0.4) is 0 Å². The van der Waals surface area contributed by atoms with Crippen LogP contribution in [0.25, 0.3) is 22.6 Å². The van der Waals surface area contributed by atoms with Gasteiger partial charge in [-0.25, -0.2) is 9.97 Å².